The molecule has 0 bridgehead atoms. The van der Waals surface area contributed by atoms with Gasteiger partial charge >= 0.3 is 6.09 Å². The number of ether oxygens (including phenoxy) is 1. The number of amides is 1. The number of para-hydroxylation sites is 2. The molecule has 2 N–H and O–H groups in total. The first-order chi connectivity index (χ1) is 11.8. The number of hydrogen-bond donors (Lipinski definition) is 1. The maximum Gasteiger partial charge on any atom is 0.410 e. The highest BCUT2D eigenvalue weighted by Gasteiger charge is 2.30. The van der Waals surface area contributed by atoms with Crippen LogP contribution in [0.2, 0.25) is 0 Å². The lowest BCUT2D eigenvalue weighted by Crippen LogP contribution is -2.43. The lowest BCUT2D eigenvalue weighted by atomic mass is 10.0. The Morgan fingerprint density at radius 1 is 1.36 bits per heavy atom. The molecule has 2 aromatic rings. The molecule has 3 rings (SSSR count). The third-order valence-corrected chi connectivity index (χ3v) is 4.44. The van der Waals surface area contributed by atoms with Gasteiger partial charge in [-0.3, -0.25) is 0 Å². The number of carbonyl (C=O) groups excluding carboxylic acids is 1. The van der Waals surface area contributed by atoms with Crippen molar-refractivity contribution < 1.29 is 9.53 Å². The molecule has 1 saturated heterocycles. The van der Waals surface area contributed by atoms with Gasteiger partial charge in [-0.05, 0) is 52.7 Å². The molecule has 1 aromatic carbocycles. The number of imidazole rings is 1. The summed E-state index contributed by atoms with van der Waals surface area (Å²) in [7, 11) is 0. The second kappa shape index (κ2) is 6.67. The van der Waals surface area contributed by atoms with E-state index in [1.165, 1.54) is 0 Å². The molecule has 25 heavy (non-hydrogen) atoms. The van der Waals surface area contributed by atoms with Crippen LogP contribution < -0.4 is 5.73 Å². The van der Waals surface area contributed by atoms with Crippen molar-refractivity contribution in [2.24, 2.45) is 5.73 Å². The fraction of sp³-hybridized carbons (Fsp3) is 0.579. The first-order valence-electron chi connectivity index (χ1n) is 8.96. The highest BCUT2D eigenvalue weighted by atomic mass is 16.6. The molecule has 1 aromatic heterocycles. The topological polar surface area (TPSA) is 73.4 Å². The van der Waals surface area contributed by atoms with Crippen molar-refractivity contribution in [1.29, 1.82) is 0 Å². The summed E-state index contributed by atoms with van der Waals surface area (Å²) in [5.41, 5.74) is 7.71. The van der Waals surface area contributed by atoms with Crippen LogP contribution in [0.4, 0.5) is 4.79 Å². The molecule has 2 unspecified atom stereocenters. The molecule has 6 nitrogen and oxygen atoms in total. The molecule has 0 aliphatic carbocycles. The molecule has 2 heterocycles. The Morgan fingerprint density at radius 2 is 2.08 bits per heavy atom. The second-order valence-electron chi connectivity index (χ2n) is 7.84. The van der Waals surface area contributed by atoms with E-state index in [1.54, 1.807) is 4.90 Å². The lowest BCUT2D eigenvalue weighted by Gasteiger charge is -2.35. The van der Waals surface area contributed by atoms with Crippen molar-refractivity contribution in [3.05, 3.63) is 30.1 Å². The molecule has 0 radical (unpaired) electrons. The van der Waals surface area contributed by atoms with Gasteiger partial charge in [0.25, 0.3) is 0 Å². The quantitative estimate of drug-likeness (QED) is 0.903. The number of fused-ring (bicyclic) bond motifs is 1. The van der Waals surface area contributed by atoms with E-state index >= 15 is 0 Å². The number of rotatable bonds is 2. The van der Waals surface area contributed by atoms with E-state index in [0.717, 1.165) is 36.2 Å². The van der Waals surface area contributed by atoms with E-state index in [4.69, 9.17) is 15.5 Å². The lowest BCUT2D eigenvalue weighted by molar-refractivity contribution is 0.0173. The van der Waals surface area contributed by atoms with Gasteiger partial charge < -0.3 is 19.9 Å². The van der Waals surface area contributed by atoms with Crippen LogP contribution in [0.15, 0.2) is 24.3 Å². The summed E-state index contributed by atoms with van der Waals surface area (Å²) in [6.07, 6.45) is 1.69. The Balaban J connectivity index is 1.90. The SMILES string of the molecule is CC(N)c1nc2ccccc2n1C1CCCN(C(=O)OC(C)(C)C)C1. The van der Waals surface area contributed by atoms with Crippen LogP contribution >= 0.6 is 0 Å². The van der Waals surface area contributed by atoms with Gasteiger partial charge in [0.05, 0.1) is 23.1 Å². The maximum atomic E-state index is 12.5. The van der Waals surface area contributed by atoms with Crippen LogP contribution in [-0.4, -0.2) is 39.2 Å². The van der Waals surface area contributed by atoms with Crippen molar-refractivity contribution in [2.45, 2.75) is 58.2 Å². The van der Waals surface area contributed by atoms with Crippen LogP contribution in [0.1, 0.15) is 58.4 Å². The van der Waals surface area contributed by atoms with E-state index in [1.807, 2.05) is 45.9 Å². The van der Waals surface area contributed by atoms with Gasteiger partial charge in [0.15, 0.2) is 0 Å². The zero-order valence-electron chi connectivity index (χ0n) is 15.5. The van der Waals surface area contributed by atoms with Gasteiger partial charge in [0, 0.05) is 13.1 Å². The molecule has 1 aliphatic rings. The number of piperidine rings is 1. The zero-order valence-corrected chi connectivity index (χ0v) is 15.5. The van der Waals surface area contributed by atoms with Gasteiger partial charge in [-0.1, -0.05) is 12.1 Å². The highest BCUT2D eigenvalue weighted by molar-refractivity contribution is 5.76. The van der Waals surface area contributed by atoms with Crippen molar-refractivity contribution in [3.63, 3.8) is 0 Å². The number of hydrogen-bond acceptors (Lipinski definition) is 4. The molecule has 1 amide bonds. The largest absolute Gasteiger partial charge is 0.444 e. The van der Waals surface area contributed by atoms with Gasteiger partial charge in [0.1, 0.15) is 11.4 Å². The van der Waals surface area contributed by atoms with Crippen molar-refractivity contribution in [3.8, 4) is 0 Å². The minimum atomic E-state index is -0.483. The summed E-state index contributed by atoms with van der Waals surface area (Å²) < 4.78 is 7.76. The number of benzene rings is 1. The molecule has 136 valence electrons. The van der Waals surface area contributed by atoms with Crippen LogP contribution in [0, 0.1) is 0 Å². The predicted molar refractivity (Wildman–Crippen MR) is 98.4 cm³/mol. The van der Waals surface area contributed by atoms with Crippen molar-refractivity contribution in [1.82, 2.24) is 14.5 Å². The third-order valence-electron chi connectivity index (χ3n) is 4.44. The van der Waals surface area contributed by atoms with Gasteiger partial charge in [-0.2, -0.15) is 0 Å². The monoisotopic (exact) mass is 344 g/mol. The fourth-order valence-corrected chi connectivity index (χ4v) is 3.43. The summed E-state index contributed by atoms with van der Waals surface area (Å²) in [5, 5.41) is 0. The molecule has 6 heteroatoms. The molecular formula is C19H28N4O2. The molecular weight excluding hydrogens is 316 g/mol. The highest BCUT2D eigenvalue weighted by Crippen LogP contribution is 2.30. The minimum absolute atomic E-state index is 0.162. The van der Waals surface area contributed by atoms with E-state index in [0.29, 0.717) is 6.54 Å². The average molecular weight is 344 g/mol. The molecule has 1 fully saturated rings. The van der Waals surface area contributed by atoms with Crippen LogP contribution in [0.5, 0.6) is 0 Å². The van der Waals surface area contributed by atoms with Crippen molar-refractivity contribution >= 4 is 17.1 Å². The fourth-order valence-electron chi connectivity index (χ4n) is 3.43. The van der Waals surface area contributed by atoms with Gasteiger partial charge in [-0.25, -0.2) is 9.78 Å². The summed E-state index contributed by atoms with van der Waals surface area (Å²) in [6.45, 7) is 8.98. The Labute approximate surface area is 149 Å². The zero-order chi connectivity index (χ0) is 18.2. The smallest absolute Gasteiger partial charge is 0.410 e. The van der Waals surface area contributed by atoms with Crippen LogP contribution in [0.3, 0.4) is 0 Å². The Bertz CT molecular complexity index is 760. The first-order valence-corrected chi connectivity index (χ1v) is 8.96. The molecule has 2 atom stereocenters. The number of nitrogens with two attached hydrogens (primary N) is 1. The first kappa shape index (κ1) is 17.7. The van der Waals surface area contributed by atoms with E-state index in [-0.39, 0.29) is 18.2 Å². The Morgan fingerprint density at radius 3 is 2.76 bits per heavy atom. The van der Waals surface area contributed by atoms with Crippen LogP contribution in [-0.2, 0) is 4.74 Å². The molecule has 0 spiro atoms. The molecule has 1 aliphatic heterocycles. The molecule has 0 saturated carbocycles. The van der Waals surface area contributed by atoms with E-state index in [2.05, 4.69) is 10.6 Å². The standard InChI is InChI=1S/C19H28N4O2/c1-13(20)17-21-15-9-5-6-10-16(15)23(17)14-8-7-11-22(12-14)18(24)25-19(2,3)4/h5-6,9-10,13-14H,7-8,11-12,20H2,1-4H3. The summed E-state index contributed by atoms with van der Waals surface area (Å²) in [4.78, 5) is 19.0. The average Bonchev–Trinajstić information content (AvgIpc) is 2.93. The summed E-state index contributed by atoms with van der Waals surface area (Å²) in [5.74, 6) is 0.872. The predicted octanol–water partition coefficient (Wildman–Crippen LogP) is 3.63. The Kier molecular flexibility index (Phi) is 4.73. The van der Waals surface area contributed by atoms with Crippen LogP contribution in [0.25, 0.3) is 11.0 Å². The minimum Gasteiger partial charge on any atom is -0.444 e. The number of aromatic nitrogens is 2. The third kappa shape index (κ3) is 3.79. The van der Waals surface area contributed by atoms with E-state index < -0.39 is 5.60 Å². The van der Waals surface area contributed by atoms with Crippen molar-refractivity contribution in [2.75, 3.05) is 13.1 Å². The van der Waals surface area contributed by atoms with Gasteiger partial charge in [-0.15, -0.1) is 0 Å². The van der Waals surface area contributed by atoms with E-state index in [9.17, 15) is 4.79 Å². The maximum absolute atomic E-state index is 12.5. The number of carbonyl (C=O) groups is 1. The number of nitrogens with zero attached hydrogens (tertiary/aromatic N) is 3. The summed E-state index contributed by atoms with van der Waals surface area (Å²) in [6, 6.07) is 8.07. The normalized spacial score (nSPS) is 19.9. The second-order valence-corrected chi connectivity index (χ2v) is 7.84. The Hall–Kier alpha value is -2.08. The number of likely N-dealkylation sites (tertiary alicyclic amines) is 1. The van der Waals surface area contributed by atoms with Gasteiger partial charge in [0.2, 0.25) is 0 Å². The summed E-state index contributed by atoms with van der Waals surface area (Å²) >= 11 is 0.